The minimum Gasteiger partial charge on any atom is -0.459 e. The number of rotatable bonds is 4. The molecule has 116 valence electrons. The lowest BCUT2D eigenvalue weighted by Crippen LogP contribution is -2.34. The van der Waals surface area contributed by atoms with E-state index in [4.69, 9.17) is 4.74 Å². The Balaban J connectivity index is 2.71. The van der Waals surface area contributed by atoms with E-state index in [9.17, 15) is 4.79 Å². The molecule has 0 aliphatic carbocycles. The monoisotopic (exact) mass is 288 g/mol. The summed E-state index contributed by atoms with van der Waals surface area (Å²) in [5, 5.41) is 0. The third kappa shape index (κ3) is 7.12. The highest BCUT2D eigenvalue weighted by Crippen LogP contribution is 2.32. The Morgan fingerprint density at radius 3 is 2.14 bits per heavy atom. The Morgan fingerprint density at radius 1 is 1.10 bits per heavy atom. The second-order valence-electron chi connectivity index (χ2n) is 7.80. The van der Waals surface area contributed by atoms with E-state index in [1.54, 1.807) is 6.08 Å². The van der Waals surface area contributed by atoms with E-state index >= 15 is 0 Å². The topological polar surface area (TPSA) is 26.3 Å². The van der Waals surface area contributed by atoms with Gasteiger partial charge in [-0.1, -0.05) is 71.9 Å². The van der Waals surface area contributed by atoms with Gasteiger partial charge in [0.2, 0.25) is 0 Å². The van der Waals surface area contributed by atoms with Gasteiger partial charge in [-0.05, 0) is 28.9 Å². The largest absolute Gasteiger partial charge is 0.459 e. The average molecular weight is 288 g/mol. The molecule has 0 spiro atoms. The zero-order chi connectivity index (χ0) is 16.1. The first kappa shape index (κ1) is 17.5. The van der Waals surface area contributed by atoms with E-state index in [1.807, 2.05) is 30.3 Å². The Morgan fingerprint density at radius 2 is 1.67 bits per heavy atom. The Hall–Kier alpha value is -1.57. The maximum absolute atomic E-state index is 12.1. The molecule has 1 rings (SSSR count). The van der Waals surface area contributed by atoms with Gasteiger partial charge < -0.3 is 4.74 Å². The van der Waals surface area contributed by atoms with Crippen LogP contribution in [0.25, 0.3) is 6.08 Å². The number of hydrogen-bond acceptors (Lipinski definition) is 2. The smallest absolute Gasteiger partial charge is 0.331 e. The van der Waals surface area contributed by atoms with Crippen molar-refractivity contribution < 1.29 is 9.53 Å². The maximum Gasteiger partial charge on any atom is 0.331 e. The van der Waals surface area contributed by atoms with E-state index in [2.05, 4.69) is 41.5 Å². The SMILES string of the molecule is CC(C)(C)CC(OC(=O)/C=C/c1ccccc1)C(C)(C)C. The van der Waals surface area contributed by atoms with E-state index in [0.717, 1.165) is 12.0 Å². The predicted octanol–water partition coefficient (Wildman–Crippen LogP) is 5.09. The molecule has 0 radical (unpaired) electrons. The van der Waals surface area contributed by atoms with Crippen molar-refractivity contribution in [1.82, 2.24) is 0 Å². The van der Waals surface area contributed by atoms with Gasteiger partial charge in [-0.2, -0.15) is 0 Å². The number of benzene rings is 1. The van der Waals surface area contributed by atoms with Gasteiger partial charge in [0, 0.05) is 6.08 Å². The van der Waals surface area contributed by atoms with Crippen molar-refractivity contribution in [3.05, 3.63) is 42.0 Å². The molecule has 2 heteroatoms. The highest BCUT2D eigenvalue weighted by atomic mass is 16.5. The van der Waals surface area contributed by atoms with Crippen molar-refractivity contribution in [1.29, 1.82) is 0 Å². The Labute approximate surface area is 129 Å². The summed E-state index contributed by atoms with van der Waals surface area (Å²) in [4.78, 5) is 12.1. The van der Waals surface area contributed by atoms with E-state index in [0.29, 0.717) is 0 Å². The van der Waals surface area contributed by atoms with Crippen LogP contribution in [0.15, 0.2) is 36.4 Å². The van der Waals surface area contributed by atoms with Crippen LogP contribution in [-0.2, 0) is 9.53 Å². The van der Waals surface area contributed by atoms with Gasteiger partial charge in [0.25, 0.3) is 0 Å². The summed E-state index contributed by atoms with van der Waals surface area (Å²) in [5.41, 5.74) is 1.06. The van der Waals surface area contributed by atoms with Crippen molar-refractivity contribution in [2.45, 2.75) is 54.1 Å². The van der Waals surface area contributed by atoms with Gasteiger partial charge >= 0.3 is 5.97 Å². The van der Waals surface area contributed by atoms with Gasteiger partial charge in [-0.3, -0.25) is 0 Å². The second kappa shape index (κ2) is 6.93. The molecular formula is C19H28O2. The number of hydrogen-bond donors (Lipinski definition) is 0. The molecule has 0 fully saturated rings. The molecular weight excluding hydrogens is 260 g/mol. The van der Waals surface area contributed by atoms with Crippen LogP contribution in [0.2, 0.25) is 0 Å². The lowest BCUT2D eigenvalue weighted by atomic mass is 9.78. The lowest BCUT2D eigenvalue weighted by molar-refractivity contribution is -0.150. The van der Waals surface area contributed by atoms with Crippen LogP contribution in [0.3, 0.4) is 0 Å². The minimum atomic E-state index is -0.275. The fourth-order valence-electron chi connectivity index (χ4n) is 1.99. The highest BCUT2D eigenvalue weighted by molar-refractivity contribution is 5.87. The summed E-state index contributed by atoms with van der Waals surface area (Å²) < 4.78 is 5.69. The van der Waals surface area contributed by atoms with Crippen LogP contribution >= 0.6 is 0 Å². The molecule has 21 heavy (non-hydrogen) atoms. The Bertz CT molecular complexity index is 473. The first-order valence-corrected chi connectivity index (χ1v) is 7.52. The average Bonchev–Trinajstić information content (AvgIpc) is 2.34. The van der Waals surface area contributed by atoms with Crippen molar-refractivity contribution in [3.8, 4) is 0 Å². The number of ether oxygens (including phenoxy) is 1. The third-order valence-electron chi connectivity index (χ3n) is 3.23. The summed E-state index contributed by atoms with van der Waals surface area (Å²) in [6, 6.07) is 9.76. The Kier molecular flexibility index (Phi) is 5.77. The van der Waals surface area contributed by atoms with Crippen LogP contribution in [0.5, 0.6) is 0 Å². The first-order valence-electron chi connectivity index (χ1n) is 7.52. The molecule has 0 saturated heterocycles. The first-order chi connectivity index (χ1) is 9.58. The van der Waals surface area contributed by atoms with Gasteiger partial charge in [-0.15, -0.1) is 0 Å². The van der Waals surface area contributed by atoms with Crippen LogP contribution in [-0.4, -0.2) is 12.1 Å². The number of carbonyl (C=O) groups excluding carboxylic acids is 1. The fourth-order valence-corrected chi connectivity index (χ4v) is 1.99. The zero-order valence-electron chi connectivity index (χ0n) is 14.1. The minimum absolute atomic E-state index is 0.0659. The molecule has 2 nitrogen and oxygen atoms in total. The molecule has 0 bridgehead atoms. The second-order valence-corrected chi connectivity index (χ2v) is 7.80. The lowest BCUT2D eigenvalue weighted by Gasteiger charge is -2.34. The van der Waals surface area contributed by atoms with Gasteiger partial charge in [0.15, 0.2) is 0 Å². The molecule has 1 atom stereocenters. The van der Waals surface area contributed by atoms with Gasteiger partial charge in [-0.25, -0.2) is 4.79 Å². The van der Waals surface area contributed by atoms with Crippen molar-refractivity contribution in [2.75, 3.05) is 0 Å². The van der Waals surface area contributed by atoms with E-state index in [1.165, 1.54) is 6.08 Å². The summed E-state index contributed by atoms with van der Waals surface area (Å²) in [6.45, 7) is 12.8. The summed E-state index contributed by atoms with van der Waals surface area (Å²) in [6.07, 6.45) is 4.06. The molecule has 1 aromatic carbocycles. The third-order valence-corrected chi connectivity index (χ3v) is 3.23. The predicted molar refractivity (Wildman–Crippen MR) is 88.9 cm³/mol. The molecule has 0 N–H and O–H groups in total. The standard InChI is InChI=1S/C19H28O2/c1-18(2,3)14-16(19(4,5)6)21-17(20)13-12-15-10-8-7-9-11-15/h7-13,16H,14H2,1-6H3/b13-12+. The molecule has 0 heterocycles. The number of esters is 1. The molecule has 0 amide bonds. The molecule has 0 aliphatic rings. The van der Waals surface area contributed by atoms with Gasteiger partial charge in [0.05, 0.1) is 0 Å². The van der Waals surface area contributed by atoms with Crippen LogP contribution in [0, 0.1) is 10.8 Å². The van der Waals surface area contributed by atoms with Crippen molar-refractivity contribution in [2.24, 2.45) is 10.8 Å². The highest BCUT2D eigenvalue weighted by Gasteiger charge is 2.31. The summed E-state index contributed by atoms with van der Waals surface area (Å²) >= 11 is 0. The van der Waals surface area contributed by atoms with Gasteiger partial charge in [0.1, 0.15) is 6.10 Å². The normalized spacial score (nSPS) is 14.2. The maximum atomic E-state index is 12.1. The fraction of sp³-hybridized carbons (Fsp3) is 0.526. The molecule has 1 unspecified atom stereocenters. The molecule has 1 aromatic rings. The van der Waals surface area contributed by atoms with Crippen LogP contribution < -0.4 is 0 Å². The number of carbonyl (C=O) groups is 1. The molecule has 0 aliphatic heterocycles. The van der Waals surface area contributed by atoms with Crippen molar-refractivity contribution in [3.63, 3.8) is 0 Å². The van der Waals surface area contributed by atoms with Crippen LogP contribution in [0.4, 0.5) is 0 Å². The zero-order valence-corrected chi connectivity index (χ0v) is 14.1. The molecule has 0 saturated carbocycles. The van der Waals surface area contributed by atoms with Crippen molar-refractivity contribution >= 4 is 12.0 Å². The summed E-state index contributed by atoms with van der Waals surface area (Å²) in [7, 11) is 0. The van der Waals surface area contributed by atoms with E-state index in [-0.39, 0.29) is 22.9 Å². The summed E-state index contributed by atoms with van der Waals surface area (Å²) in [5.74, 6) is -0.275. The van der Waals surface area contributed by atoms with Crippen LogP contribution in [0.1, 0.15) is 53.5 Å². The molecule has 0 aromatic heterocycles. The quantitative estimate of drug-likeness (QED) is 0.569. The van der Waals surface area contributed by atoms with E-state index < -0.39 is 0 Å².